The summed E-state index contributed by atoms with van der Waals surface area (Å²) < 4.78 is 5.39. The van der Waals surface area contributed by atoms with E-state index < -0.39 is 0 Å². The zero-order valence-corrected chi connectivity index (χ0v) is 11.5. The first-order valence-corrected chi connectivity index (χ1v) is 6.96. The zero-order valence-electron chi connectivity index (χ0n) is 10.8. The van der Waals surface area contributed by atoms with Gasteiger partial charge in [0.05, 0.1) is 19.4 Å². The molecule has 1 atom stereocenters. The SMILES string of the molecule is Nc1ncc(Cl)c(N2CCC(N3CCOCC3)C2)n1. The summed E-state index contributed by atoms with van der Waals surface area (Å²) in [6.07, 6.45) is 2.70. The Kier molecular flexibility index (Phi) is 3.72. The molecule has 0 bridgehead atoms. The van der Waals surface area contributed by atoms with E-state index in [1.165, 1.54) is 0 Å². The monoisotopic (exact) mass is 283 g/mol. The molecule has 2 aliphatic heterocycles. The molecule has 0 radical (unpaired) electrons. The lowest BCUT2D eigenvalue weighted by molar-refractivity contribution is 0.0209. The summed E-state index contributed by atoms with van der Waals surface area (Å²) in [6.45, 7) is 5.58. The number of anilines is 2. The van der Waals surface area contributed by atoms with Crippen molar-refractivity contribution in [1.82, 2.24) is 14.9 Å². The number of ether oxygens (including phenoxy) is 1. The first-order valence-electron chi connectivity index (χ1n) is 6.59. The Morgan fingerprint density at radius 3 is 2.89 bits per heavy atom. The van der Waals surface area contributed by atoms with Gasteiger partial charge in [-0.2, -0.15) is 4.98 Å². The van der Waals surface area contributed by atoms with E-state index in [2.05, 4.69) is 19.8 Å². The molecule has 2 saturated heterocycles. The molecule has 0 saturated carbocycles. The van der Waals surface area contributed by atoms with Crippen molar-refractivity contribution < 1.29 is 4.74 Å². The van der Waals surface area contributed by atoms with Crippen LogP contribution >= 0.6 is 11.6 Å². The van der Waals surface area contributed by atoms with E-state index in [4.69, 9.17) is 22.1 Å². The van der Waals surface area contributed by atoms with Crippen molar-refractivity contribution in [3.63, 3.8) is 0 Å². The Labute approximate surface area is 117 Å². The lowest BCUT2D eigenvalue weighted by Crippen LogP contribution is -2.44. The fourth-order valence-corrected chi connectivity index (χ4v) is 2.98. The van der Waals surface area contributed by atoms with Crippen LogP contribution in [-0.4, -0.2) is 60.3 Å². The lowest BCUT2D eigenvalue weighted by Gasteiger charge is -2.32. The smallest absolute Gasteiger partial charge is 0.222 e. The molecule has 1 aromatic heterocycles. The second-order valence-electron chi connectivity index (χ2n) is 4.94. The normalized spacial score (nSPS) is 24.9. The predicted molar refractivity (Wildman–Crippen MR) is 74.5 cm³/mol. The van der Waals surface area contributed by atoms with Gasteiger partial charge in [0.25, 0.3) is 0 Å². The van der Waals surface area contributed by atoms with E-state index in [1.54, 1.807) is 6.20 Å². The van der Waals surface area contributed by atoms with Crippen molar-refractivity contribution >= 4 is 23.4 Å². The standard InChI is InChI=1S/C12H18ClN5O/c13-10-7-15-12(14)16-11(10)18-2-1-9(8-18)17-3-5-19-6-4-17/h7,9H,1-6,8H2,(H2,14,15,16). The molecule has 0 spiro atoms. The Morgan fingerprint density at radius 1 is 1.32 bits per heavy atom. The van der Waals surface area contributed by atoms with E-state index in [0.29, 0.717) is 11.1 Å². The molecule has 0 aromatic carbocycles. The van der Waals surface area contributed by atoms with Gasteiger partial charge in [0.15, 0.2) is 5.82 Å². The number of nitrogens with zero attached hydrogens (tertiary/aromatic N) is 4. The first-order chi connectivity index (χ1) is 9.24. The second kappa shape index (κ2) is 5.48. The molecule has 0 aliphatic carbocycles. The Balaban J connectivity index is 1.69. The van der Waals surface area contributed by atoms with Crippen LogP contribution in [0.2, 0.25) is 5.02 Å². The van der Waals surface area contributed by atoms with E-state index in [-0.39, 0.29) is 5.95 Å². The topological polar surface area (TPSA) is 67.5 Å². The third-order valence-corrected chi connectivity index (χ3v) is 4.04. The average Bonchev–Trinajstić information content (AvgIpc) is 2.92. The second-order valence-corrected chi connectivity index (χ2v) is 5.34. The third kappa shape index (κ3) is 2.75. The molecule has 2 N–H and O–H groups in total. The first kappa shape index (κ1) is 12.9. The van der Waals surface area contributed by atoms with Gasteiger partial charge >= 0.3 is 0 Å². The molecule has 0 amide bonds. The van der Waals surface area contributed by atoms with Crippen LogP contribution in [-0.2, 0) is 4.74 Å². The van der Waals surface area contributed by atoms with Gasteiger partial charge in [-0.1, -0.05) is 11.6 Å². The molecule has 3 rings (SSSR count). The molecule has 2 fully saturated rings. The van der Waals surface area contributed by atoms with Gasteiger partial charge in [-0.05, 0) is 6.42 Å². The number of rotatable bonds is 2. The van der Waals surface area contributed by atoms with Crippen LogP contribution in [0.4, 0.5) is 11.8 Å². The maximum absolute atomic E-state index is 6.15. The van der Waals surface area contributed by atoms with Crippen molar-refractivity contribution in [1.29, 1.82) is 0 Å². The van der Waals surface area contributed by atoms with Crippen LogP contribution in [0.5, 0.6) is 0 Å². The zero-order chi connectivity index (χ0) is 13.2. The highest BCUT2D eigenvalue weighted by Gasteiger charge is 2.30. The average molecular weight is 284 g/mol. The number of aromatic nitrogens is 2. The summed E-state index contributed by atoms with van der Waals surface area (Å²) in [6, 6.07) is 0.552. The fourth-order valence-electron chi connectivity index (χ4n) is 2.77. The molecule has 2 aliphatic rings. The number of hydrogen-bond acceptors (Lipinski definition) is 6. The number of morpholine rings is 1. The van der Waals surface area contributed by atoms with Crippen LogP contribution in [0.1, 0.15) is 6.42 Å². The highest BCUT2D eigenvalue weighted by molar-refractivity contribution is 6.32. The number of nitrogen functional groups attached to an aromatic ring is 1. The third-order valence-electron chi connectivity index (χ3n) is 3.77. The molecule has 7 heteroatoms. The molecule has 19 heavy (non-hydrogen) atoms. The number of hydrogen-bond donors (Lipinski definition) is 1. The molecule has 1 unspecified atom stereocenters. The summed E-state index contributed by atoms with van der Waals surface area (Å²) >= 11 is 6.15. The Morgan fingerprint density at radius 2 is 2.11 bits per heavy atom. The van der Waals surface area contributed by atoms with Crippen LogP contribution < -0.4 is 10.6 Å². The predicted octanol–water partition coefficient (Wildman–Crippen LogP) is 0.623. The number of halogens is 1. The van der Waals surface area contributed by atoms with Gasteiger partial charge in [-0.15, -0.1) is 0 Å². The molecule has 3 heterocycles. The van der Waals surface area contributed by atoms with Crippen LogP contribution in [0.3, 0.4) is 0 Å². The Bertz CT molecular complexity index is 452. The van der Waals surface area contributed by atoms with Gasteiger partial charge < -0.3 is 15.4 Å². The minimum atomic E-state index is 0.272. The summed E-state index contributed by atoms with van der Waals surface area (Å²) in [5.74, 6) is 1.03. The van der Waals surface area contributed by atoms with Crippen molar-refractivity contribution in [2.75, 3.05) is 50.0 Å². The summed E-state index contributed by atoms with van der Waals surface area (Å²) in [5.41, 5.74) is 5.64. The quantitative estimate of drug-likeness (QED) is 0.858. The van der Waals surface area contributed by atoms with Gasteiger partial charge in [-0.3, -0.25) is 4.90 Å². The van der Waals surface area contributed by atoms with E-state index in [0.717, 1.165) is 51.6 Å². The maximum atomic E-state index is 6.15. The highest BCUT2D eigenvalue weighted by Crippen LogP contribution is 2.28. The van der Waals surface area contributed by atoms with Crippen molar-refractivity contribution in [3.05, 3.63) is 11.2 Å². The fraction of sp³-hybridized carbons (Fsp3) is 0.667. The van der Waals surface area contributed by atoms with Crippen LogP contribution in [0.15, 0.2) is 6.20 Å². The van der Waals surface area contributed by atoms with Gasteiger partial charge in [0.1, 0.15) is 5.02 Å². The highest BCUT2D eigenvalue weighted by atomic mass is 35.5. The van der Waals surface area contributed by atoms with E-state index in [9.17, 15) is 0 Å². The molecular weight excluding hydrogens is 266 g/mol. The van der Waals surface area contributed by atoms with Crippen molar-refractivity contribution in [2.45, 2.75) is 12.5 Å². The largest absolute Gasteiger partial charge is 0.379 e. The van der Waals surface area contributed by atoms with E-state index >= 15 is 0 Å². The molecule has 104 valence electrons. The van der Waals surface area contributed by atoms with Crippen molar-refractivity contribution in [2.24, 2.45) is 0 Å². The van der Waals surface area contributed by atoms with Crippen LogP contribution in [0, 0.1) is 0 Å². The van der Waals surface area contributed by atoms with Gasteiger partial charge in [-0.25, -0.2) is 4.98 Å². The van der Waals surface area contributed by atoms with E-state index in [1.807, 2.05) is 0 Å². The summed E-state index contributed by atoms with van der Waals surface area (Å²) in [5, 5.41) is 0.567. The molecule has 1 aromatic rings. The molecule has 6 nitrogen and oxygen atoms in total. The Hall–Kier alpha value is -1.11. The lowest BCUT2D eigenvalue weighted by atomic mass is 10.2. The van der Waals surface area contributed by atoms with Gasteiger partial charge in [0.2, 0.25) is 5.95 Å². The maximum Gasteiger partial charge on any atom is 0.222 e. The summed E-state index contributed by atoms with van der Waals surface area (Å²) in [7, 11) is 0. The van der Waals surface area contributed by atoms with Gasteiger partial charge in [0, 0.05) is 32.2 Å². The number of nitrogens with two attached hydrogens (primary N) is 1. The van der Waals surface area contributed by atoms with Crippen molar-refractivity contribution in [3.8, 4) is 0 Å². The molecular formula is C12H18ClN5O. The summed E-state index contributed by atoms with van der Waals surface area (Å²) in [4.78, 5) is 12.8. The minimum absolute atomic E-state index is 0.272. The van der Waals surface area contributed by atoms with Crippen LogP contribution in [0.25, 0.3) is 0 Å². The minimum Gasteiger partial charge on any atom is -0.379 e.